The normalized spacial score (nSPS) is 13.2. The van der Waals surface area contributed by atoms with Crippen LogP contribution in [0.5, 0.6) is 23.0 Å². The summed E-state index contributed by atoms with van der Waals surface area (Å²) < 4.78 is 14.3. The molecule has 0 N–H and O–H groups in total. The minimum atomic E-state index is -0.656. The summed E-state index contributed by atoms with van der Waals surface area (Å²) in [6.45, 7) is 0. The van der Waals surface area contributed by atoms with E-state index in [4.69, 9.17) is 29.4 Å². The number of aromatic nitrogens is 4. The van der Waals surface area contributed by atoms with Crippen LogP contribution in [0.15, 0.2) is 388 Å². The molecular weight excluding hydrogens is 1340 g/mol. The molecule has 2 spiro atoms. The van der Waals surface area contributed by atoms with E-state index in [1.165, 1.54) is 55.3 Å². The SMILES string of the molecule is c1ccc(-c2nc(-c3ccc(-c4ccc5c(c4)Oc4cc(-c6ccc(-c7nc(-c8ccc(-c9ccc%10c(c9)Oc9ccccc9C%109c%10ccccc%10-c%10ccccc%109)cc8)cc(-c8ccccc8-c8ccccc8)n7)cc6)ccc4C54c5ccccc5-c5ccccc54)cc3)cc(-c3ccc4ccccc4c3)n2)cc1. The average Bonchev–Trinajstić information content (AvgIpc) is 1.49. The maximum absolute atomic E-state index is 7.36. The fourth-order valence-electron chi connectivity index (χ4n) is 18.0. The summed E-state index contributed by atoms with van der Waals surface area (Å²) in [6.07, 6.45) is 0. The summed E-state index contributed by atoms with van der Waals surface area (Å²) >= 11 is 0. The highest BCUT2D eigenvalue weighted by Crippen LogP contribution is 2.65. The van der Waals surface area contributed by atoms with Crippen molar-refractivity contribution in [2.75, 3.05) is 0 Å². The van der Waals surface area contributed by atoms with Crippen LogP contribution in [-0.4, -0.2) is 19.9 Å². The lowest BCUT2D eigenvalue weighted by atomic mass is 9.65. The van der Waals surface area contributed by atoms with Crippen molar-refractivity contribution >= 4 is 10.8 Å². The zero-order valence-corrected chi connectivity index (χ0v) is 59.6. The molecule has 0 fully saturated rings. The number of hydrogen-bond donors (Lipinski definition) is 0. The monoisotopic (exact) mass is 1400 g/mol. The molecule has 4 heterocycles. The Labute approximate surface area is 637 Å². The van der Waals surface area contributed by atoms with E-state index in [9.17, 15) is 0 Å². The molecule has 0 atom stereocenters. The Hall–Kier alpha value is -14.5. The Morgan fingerprint density at radius 2 is 0.473 bits per heavy atom. The van der Waals surface area contributed by atoms with Crippen molar-refractivity contribution in [3.05, 3.63) is 433 Å². The molecule has 22 rings (SSSR count). The van der Waals surface area contributed by atoms with Gasteiger partial charge in [0.25, 0.3) is 0 Å². The minimum absolute atomic E-state index is 0.529. The van der Waals surface area contributed by atoms with Gasteiger partial charge in [0.2, 0.25) is 0 Å². The van der Waals surface area contributed by atoms with Crippen LogP contribution >= 0.6 is 0 Å². The topological polar surface area (TPSA) is 70.0 Å². The van der Waals surface area contributed by atoms with Crippen molar-refractivity contribution in [1.82, 2.24) is 19.9 Å². The van der Waals surface area contributed by atoms with Gasteiger partial charge in [0.15, 0.2) is 11.6 Å². The Morgan fingerprint density at radius 1 is 0.164 bits per heavy atom. The van der Waals surface area contributed by atoms with E-state index in [-0.39, 0.29) is 0 Å². The number of rotatable bonds is 10. The van der Waals surface area contributed by atoms with Crippen molar-refractivity contribution in [2.24, 2.45) is 0 Å². The summed E-state index contributed by atoms with van der Waals surface area (Å²) in [4.78, 5) is 21.3. The molecule has 2 aromatic heterocycles. The highest BCUT2D eigenvalue weighted by molar-refractivity contribution is 5.93. The standard InChI is InChI=1S/C104H64N4O2/c1-3-22-69(23-4-1)79-27-9-10-32-84(79)96-64-94(71-48-41-66(42-49-71)75-53-56-90-98(60-75)109-97-38-20-19-37-89(97)103(90)85-33-15-11-28-80(85)81-29-12-16-34-86(81)103)106-102(108-96)73-50-43-68(44-51-73)77-55-58-92-100(62-77)110-99-61-76(54-57-91(99)104(92)87-35-17-13-30-82(87)83-31-14-18-36-88(83)104)67-39-46-70(47-40-67)93-63-95(107-101(105-93)72-24-5-2-6-25-72)78-52-45-65-21-7-8-26-74(65)59-78/h1-64H. The number of hydrogen-bond acceptors (Lipinski definition) is 6. The molecule has 0 saturated heterocycles. The van der Waals surface area contributed by atoms with Crippen LogP contribution in [0.1, 0.15) is 44.5 Å². The first-order valence-corrected chi connectivity index (χ1v) is 37.5. The predicted molar refractivity (Wildman–Crippen MR) is 444 cm³/mol. The third-order valence-electron chi connectivity index (χ3n) is 23.1. The van der Waals surface area contributed by atoms with Crippen molar-refractivity contribution < 1.29 is 9.47 Å². The van der Waals surface area contributed by atoms with Crippen LogP contribution in [0.4, 0.5) is 0 Å². The van der Waals surface area contributed by atoms with Crippen LogP contribution < -0.4 is 9.47 Å². The van der Waals surface area contributed by atoms with Crippen molar-refractivity contribution in [1.29, 1.82) is 0 Å². The molecule has 2 aliphatic heterocycles. The van der Waals surface area contributed by atoms with Gasteiger partial charge in [-0.25, -0.2) is 19.9 Å². The molecule has 0 amide bonds. The van der Waals surface area contributed by atoms with Gasteiger partial charge >= 0.3 is 0 Å². The van der Waals surface area contributed by atoms with Gasteiger partial charge in [-0.3, -0.25) is 0 Å². The van der Waals surface area contributed by atoms with Gasteiger partial charge < -0.3 is 9.47 Å². The quantitative estimate of drug-likeness (QED) is 0.136. The van der Waals surface area contributed by atoms with E-state index in [2.05, 4.69) is 370 Å². The number of ether oxygens (including phenoxy) is 2. The summed E-state index contributed by atoms with van der Waals surface area (Å²) in [6, 6.07) is 139. The van der Waals surface area contributed by atoms with Gasteiger partial charge in [-0.05, 0) is 142 Å². The molecule has 0 bridgehead atoms. The van der Waals surface area contributed by atoms with Crippen LogP contribution in [0, 0.1) is 0 Å². The summed E-state index contributed by atoms with van der Waals surface area (Å²) in [5, 5.41) is 2.36. The van der Waals surface area contributed by atoms with Crippen LogP contribution in [-0.2, 0) is 10.8 Å². The molecule has 4 aliphatic rings. The van der Waals surface area contributed by atoms with E-state index in [1.54, 1.807) is 0 Å². The fraction of sp³-hybridized carbons (Fsp3) is 0.0192. The highest BCUT2D eigenvalue weighted by atomic mass is 16.5. The number of fused-ring (bicyclic) bond motifs is 19. The molecule has 512 valence electrons. The van der Waals surface area contributed by atoms with Gasteiger partial charge in [-0.15, -0.1) is 0 Å². The Morgan fingerprint density at radius 3 is 0.955 bits per heavy atom. The van der Waals surface area contributed by atoms with Crippen LogP contribution in [0.25, 0.3) is 145 Å². The summed E-state index contributed by atoms with van der Waals surface area (Å²) in [7, 11) is 0. The minimum Gasteiger partial charge on any atom is -0.457 e. The van der Waals surface area contributed by atoms with Crippen molar-refractivity contribution in [3.63, 3.8) is 0 Å². The summed E-state index contributed by atoms with van der Waals surface area (Å²) in [5.41, 5.74) is 31.1. The zero-order valence-electron chi connectivity index (χ0n) is 59.6. The first-order valence-electron chi connectivity index (χ1n) is 37.5. The second kappa shape index (κ2) is 25.1. The third kappa shape index (κ3) is 9.89. The molecular formula is C104H64N4O2. The first kappa shape index (κ1) is 62.9. The predicted octanol–water partition coefficient (Wildman–Crippen LogP) is 26.0. The average molecular weight is 1400 g/mol. The number of benzene rings is 16. The Balaban J connectivity index is 0.611. The molecule has 18 aromatic rings. The van der Waals surface area contributed by atoms with E-state index < -0.39 is 10.8 Å². The molecule has 2 aliphatic carbocycles. The molecule has 0 unspecified atom stereocenters. The zero-order chi connectivity index (χ0) is 72.4. The van der Waals surface area contributed by atoms with Gasteiger partial charge in [-0.1, -0.05) is 346 Å². The molecule has 16 aromatic carbocycles. The van der Waals surface area contributed by atoms with Gasteiger partial charge in [0.1, 0.15) is 23.0 Å². The first-order chi connectivity index (χ1) is 54.5. The number of nitrogens with zero attached hydrogens (tertiary/aromatic N) is 4. The fourth-order valence-corrected chi connectivity index (χ4v) is 18.0. The second-order valence-electron chi connectivity index (χ2n) is 29.0. The van der Waals surface area contributed by atoms with E-state index >= 15 is 0 Å². The largest absolute Gasteiger partial charge is 0.457 e. The lowest BCUT2D eigenvalue weighted by Gasteiger charge is -2.39. The van der Waals surface area contributed by atoms with Crippen molar-refractivity contribution in [2.45, 2.75) is 10.8 Å². The molecule has 6 heteroatoms. The smallest absolute Gasteiger partial charge is 0.160 e. The maximum atomic E-state index is 7.36. The van der Waals surface area contributed by atoms with E-state index in [0.717, 1.165) is 146 Å². The lowest BCUT2D eigenvalue weighted by Crippen LogP contribution is -2.32. The van der Waals surface area contributed by atoms with Gasteiger partial charge in [-0.2, -0.15) is 0 Å². The van der Waals surface area contributed by atoms with Gasteiger partial charge in [0.05, 0.1) is 33.6 Å². The molecule has 0 saturated carbocycles. The molecule has 6 nitrogen and oxygen atoms in total. The third-order valence-corrected chi connectivity index (χ3v) is 23.1. The Bertz CT molecular complexity index is 6680. The van der Waals surface area contributed by atoms with E-state index in [1.807, 2.05) is 18.2 Å². The Kier molecular flexibility index (Phi) is 14.3. The maximum Gasteiger partial charge on any atom is 0.160 e. The summed E-state index contributed by atoms with van der Waals surface area (Å²) in [5.74, 6) is 4.65. The lowest BCUT2D eigenvalue weighted by molar-refractivity contribution is 0.436. The second-order valence-corrected chi connectivity index (χ2v) is 29.0. The number of para-hydroxylation sites is 1. The van der Waals surface area contributed by atoms with E-state index in [0.29, 0.717) is 11.6 Å². The van der Waals surface area contributed by atoms with Gasteiger partial charge in [0, 0.05) is 55.6 Å². The van der Waals surface area contributed by atoms with Crippen LogP contribution in [0.2, 0.25) is 0 Å². The molecule has 110 heavy (non-hydrogen) atoms. The highest BCUT2D eigenvalue weighted by Gasteiger charge is 2.53. The van der Waals surface area contributed by atoms with Crippen molar-refractivity contribution in [3.8, 4) is 158 Å². The molecule has 0 radical (unpaired) electrons. The van der Waals surface area contributed by atoms with Crippen LogP contribution in [0.3, 0.4) is 0 Å².